The molecule has 2 aromatic heterocycles. The number of benzene rings is 1. The number of H-pyrrole nitrogens is 1. The van der Waals surface area contributed by atoms with Gasteiger partial charge in [-0.15, -0.1) is 0 Å². The van der Waals surface area contributed by atoms with Gasteiger partial charge in [0.1, 0.15) is 29.5 Å². The first-order valence-corrected chi connectivity index (χ1v) is 8.26. The van der Waals surface area contributed by atoms with Crippen molar-refractivity contribution >= 4 is 16.8 Å². The zero-order valence-corrected chi connectivity index (χ0v) is 14.3. The molecular weight excluding hydrogens is 359 g/mol. The van der Waals surface area contributed by atoms with Crippen molar-refractivity contribution in [1.82, 2.24) is 10.2 Å². The highest BCUT2D eigenvalue weighted by atomic mass is 19.4. The minimum atomic E-state index is -4.48. The molecule has 1 aliphatic rings. The number of nitrogens with one attached hydrogen (secondary N) is 1. The van der Waals surface area contributed by atoms with E-state index in [1.165, 1.54) is 24.5 Å². The van der Waals surface area contributed by atoms with Crippen LogP contribution in [0.5, 0.6) is 5.75 Å². The lowest BCUT2D eigenvalue weighted by Crippen LogP contribution is -2.47. The fraction of sp³-hybridized carbons (Fsp3) is 0.211. The summed E-state index contributed by atoms with van der Waals surface area (Å²) in [6.45, 7) is 1.64. The molecule has 0 saturated carbocycles. The molecule has 140 valence electrons. The van der Waals surface area contributed by atoms with E-state index in [4.69, 9.17) is 9.15 Å². The van der Waals surface area contributed by atoms with Crippen molar-refractivity contribution in [3.63, 3.8) is 0 Å². The van der Waals surface area contributed by atoms with E-state index < -0.39 is 12.2 Å². The summed E-state index contributed by atoms with van der Waals surface area (Å²) in [6, 6.07) is 6.68. The monoisotopic (exact) mass is 375 g/mol. The summed E-state index contributed by atoms with van der Waals surface area (Å²) >= 11 is 0. The van der Waals surface area contributed by atoms with Crippen LogP contribution in [-0.2, 0) is 0 Å². The minimum absolute atomic E-state index is 0.100. The van der Waals surface area contributed by atoms with Crippen LogP contribution in [0, 0.1) is 6.92 Å². The predicted molar refractivity (Wildman–Crippen MR) is 94.6 cm³/mol. The number of fused-ring (bicyclic) bond motifs is 1. The molecule has 1 atom stereocenters. The molecular formula is C19H16F3N3O2. The number of anilines is 1. The van der Waals surface area contributed by atoms with Crippen molar-refractivity contribution in [3.05, 3.63) is 66.2 Å². The third-order valence-corrected chi connectivity index (χ3v) is 4.28. The van der Waals surface area contributed by atoms with Crippen molar-refractivity contribution < 1.29 is 22.3 Å². The molecule has 0 amide bonds. The van der Waals surface area contributed by atoms with Gasteiger partial charge in [-0.1, -0.05) is 6.08 Å². The van der Waals surface area contributed by atoms with Gasteiger partial charge in [0.05, 0.1) is 6.20 Å². The van der Waals surface area contributed by atoms with Crippen LogP contribution in [0.3, 0.4) is 0 Å². The number of aromatic amines is 1. The highest BCUT2D eigenvalue weighted by molar-refractivity contribution is 5.79. The highest BCUT2D eigenvalue weighted by Gasteiger charge is 2.47. The Bertz CT molecular complexity index is 1000. The Kier molecular flexibility index (Phi) is 4.18. The van der Waals surface area contributed by atoms with Crippen molar-refractivity contribution in [1.29, 1.82) is 0 Å². The first kappa shape index (κ1) is 17.3. The molecule has 0 aliphatic carbocycles. The van der Waals surface area contributed by atoms with E-state index in [0.717, 1.165) is 16.0 Å². The molecule has 0 fully saturated rings. The van der Waals surface area contributed by atoms with E-state index in [2.05, 4.69) is 10.2 Å². The SMILES string of the molecule is Cc1cc2cc(OCC3=CC=CN(c4ccn[nH]4)C3C(F)(F)F)ccc2o1. The Balaban J connectivity index is 1.57. The standard InChI is InChI=1S/C19H16F3N3O2/c1-12-9-14-10-15(4-5-16(14)27-12)26-11-13-3-2-8-25(17-6-7-23-24-17)18(13)19(20,21)22/h2-10,18H,11H2,1H3,(H,23,24). The van der Waals surface area contributed by atoms with Crippen LogP contribution in [0.2, 0.25) is 0 Å². The van der Waals surface area contributed by atoms with Gasteiger partial charge in [0, 0.05) is 17.7 Å². The van der Waals surface area contributed by atoms with Gasteiger partial charge in [-0.2, -0.15) is 18.3 Å². The molecule has 5 nitrogen and oxygen atoms in total. The normalized spacial score (nSPS) is 17.4. The fourth-order valence-electron chi connectivity index (χ4n) is 3.13. The van der Waals surface area contributed by atoms with E-state index >= 15 is 0 Å². The number of halogens is 3. The largest absolute Gasteiger partial charge is 0.489 e. The van der Waals surface area contributed by atoms with Crippen molar-refractivity contribution in [2.75, 3.05) is 11.5 Å². The van der Waals surface area contributed by atoms with Crippen molar-refractivity contribution in [2.24, 2.45) is 0 Å². The number of aryl methyl sites for hydroxylation is 1. The molecule has 8 heteroatoms. The minimum Gasteiger partial charge on any atom is -0.489 e. The smallest absolute Gasteiger partial charge is 0.413 e. The lowest BCUT2D eigenvalue weighted by atomic mass is 10.0. The maximum absolute atomic E-state index is 13.8. The summed E-state index contributed by atoms with van der Waals surface area (Å²) in [5.74, 6) is 1.50. The van der Waals surface area contributed by atoms with Gasteiger partial charge in [0.15, 0.2) is 6.04 Å². The molecule has 0 saturated heterocycles. The van der Waals surface area contributed by atoms with E-state index in [0.29, 0.717) is 11.3 Å². The van der Waals surface area contributed by atoms with E-state index in [9.17, 15) is 13.2 Å². The first-order valence-electron chi connectivity index (χ1n) is 8.26. The van der Waals surface area contributed by atoms with Crippen molar-refractivity contribution in [2.45, 2.75) is 19.1 Å². The van der Waals surface area contributed by atoms with E-state index in [1.54, 1.807) is 24.3 Å². The summed E-state index contributed by atoms with van der Waals surface area (Å²) in [5.41, 5.74) is 0.807. The second-order valence-electron chi connectivity index (χ2n) is 6.22. The lowest BCUT2D eigenvalue weighted by molar-refractivity contribution is -0.140. The van der Waals surface area contributed by atoms with Crippen LogP contribution in [0.1, 0.15) is 5.76 Å². The van der Waals surface area contributed by atoms with Crippen LogP contribution < -0.4 is 9.64 Å². The molecule has 0 radical (unpaired) electrons. The average molecular weight is 375 g/mol. The van der Waals surface area contributed by atoms with Crippen LogP contribution >= 0.6 is 0 Å². The number of hydrogen-bond acceptors (Lipinski definition) is 4. The summed E-state index contributed by atoms with van der Waals surface area (Å²) in [4.78, 5) is 1.11. The van der Waals surface area contributed by atoms with Crippen LogP contribution in [-0.4, -0.2) is 29.0 Å². The number of ether oxygens (including phenoxy) is 1. The molecule has 1 aliphatic heterocycles. The molecule has 0 spiro atoms. The first-order chi connectivity index (χ1) is 12.9. The van der Waals surface area contributed by atoms with Gasteiger partial charge in [-0.25, -0.2) is 0 Å². The Hall–Kier alpha value is -3.16. The van der Waals surface area contributed by atoms with Gasteiger partial charge in [0.25, 0.3) is 0 Å². The Morgan fingerprint density at radius 2 is 2.11 bits per heavy atom. The van der Waals surface area contributed by atoms with Gasteiger partial charge in [-0.3, -0.25) is 5.10 Å². The van der Waals surface area contributed by atoms with Gasteiger partial charge in [0.2, 0.25) is 0 Å². The number of alkyl halides is 3. The Morgan fingerprint density at radius 3 is 2.85 bits per heavy atom. The number of hydrogen-bond donors (Lipinski definition) is 1. The van der Waals surface area contributed by atoms with Crippen LogP contribution in [0.15, 0.2) is 64.9 Å². The molecule has 0 bridgehead atoms. The maximum Gasteiger partial charge on any atom is 0.413 e. The zero-order chi connectivity index (χ0) is 19.0. The van der Waals surface area contributed by atoms with E-state index in [-0.39, 0.29) is 18.0 Å². The van der Waals surface area contributed by atoms with Gasteiger partial charge < -0.3 is 14.1 Å². The molecule has 3 heterocycles. The molecule has 3 aromatic rings. The van der Waals surface area contributed by atoms with E-state index in [1.807, 2.05) is 13.0 Å². The van der Waals surface area contributed by atoms with Gasteiger partial charge in [-0.05, 0) is 42.8 Å². The Labute approximate surface area is 152 Å². The highest BCUT2D eigenvalue weighted by Crippen LogP contribution is 2.35. The average Bonchev–Trinajstić information content (AvgIpc) is 3.27. The fourth-order valence-corrected chi connectivity index (χ4v) is 3.13. The van der Waals surface area contributed by atoms with Gasteiger partial charge >= 0.3 is 6.18 Å². The summed E-state index contributed by atoms with van der Waals surface area (Å²) in [7, 11) is 0. The maximum atomic E-state index is 13.8. The van der Waals surface area contributed by atoms with Crippen molar-refractivity contribution in [3.8, 4) is 5.75 Å². The molecule has 1 unspecified atom stereocenters. The number of aromatic nitrogens is 2. The topological polar surface area (TPSA) is 54.3 Å². The molecule has 4 rings (SSSR count). The Morgan fingerprint density at radius 1 is 1.26 bits per heavy atom. The molecule has 1 aromatic carbocycles. The third kappa shape index (κ3) is 3.42. The summed E-state index contributed by atoms with van der Waals surface area (Å²) in [5, 5.41) is 7.15. The quantitative estimate of drug-likeness (QED) is 0.716. The zero-order valence-electron chi connectivity index (χ0n) is 14.3. The lowest BCUT2D eigenvalue weighted by Gasteiger charge is -2.34. The van der Waals surface area contributed by atoms with Crippen LogP contribution in [0.25, 0.3) is 11.0 Å². The number of nitrogens with zero attached hydrogens (tertiary/aromatic N) is 2. The predicted octanol–water partition coefficient (Wildman–Crippen LogP) is 4.73. The number of rotatable bonds is 4. The number of furan rings is 1. The molecule has 1 N–H and O–H groups in total. The number of allylic oxidation sites excluding steroid dienone is 2. The second-order valence-corrected chi connectivity index (χ2v) is 6.22. The second kappa shape index (κ2) is 6.53. The summed E-state index contributed by atoms with van der Waals surface area (Å²) < 4.78 is 52.4. The molecule has 27 heavy (non-hydrogen) atoms. The van der Waals surface area contributed by atoms with Crippen LogP contribution in [0.4, 0.5) is 19.0 Å². The third-order valence-electron chi connectivity index (χ3n) is 4.28. The summed E-state index contributed by atoms with van der Waals surface area (Å²) in [6.07, 6.45) is 1.30.